The molecule has 1 aromatic heterocycles. The highest BCUT2D eigenvalue weighted by Crippen LogP contribution is 2.19. The van der Waals surface area contributed by atoms with Crippen LogP contribution in [0.2, 0.25) is 0 Å². The van der Waals surface area contributed by atoms with Gasteiger partial charge in [-0.1, -0.05) is 18.2 Å². The van der Waals surface area contributed by atoms with E-state index in [0.717, 1.165) is 10.9 Å². The van der Waals surface area contributed by atoms with Gasteiger partial charge in [0.15, 0.2) is 5.96 Å². The molecule has 1 heterocycles. The number of para-hydroxylation sites is 1. The van der Waals surface area contributed by atoms with Gasteiger partial charge in [-0.3, -0.25) is 24.2 Å². The van der Waals surface area contributed by atoms with E-state index in [4.69, 9.17) is 22.3 Å². The van der Waals surface area contributed by atoms with Crippen LogP contribution in [0.1, 0.15) is 38.2 Å². The molecule has 3 amide bonds. The number of aromatic amines is 1. The molecule has 42 heavy (non-hydrogen) atoms. The second-order valence-corrected chi connectivity index (χ2v) is 9.73. The fraction of sp³-hybridized carbons (Fsp3) is 0.462. The third kappa shape index (κ3) is 10.4. The van der Waals surface area contributed by atoms with Gasteiger partial charge in [0.25, 0.3) is 0 Å². The number of aliphatic carboxylic acids is 2. The van der Waals surface area contributed by atoms with Crippen LogP contribution in [0.3, 0.4) is 0 Å². The number of hydrogen-bond acceptors (Lipinski definition) is 8. The standard InChI is InChI=1S/C26H38N8O8/c1-13(35)21(27)24(40)33-18(8-9-20(36)37)23(39)32-17(7-4-10-30-26(28)29)22(38)34-19(25(41)42)11-14-12-31-16-6-3-2-5-15(14)16/h2-3,5-6,12-13,17-19,21,31,35H,4,7-11,27H2,1H3,(H,32,39)(H,33,40)(H,34,38)(H,36,37)(H,41,42)(H4,28,29,30). The van der Waals surface area contributed by atoms with Crippen LogP contribution in [-0.2, 0) is 30.4 Å². The molecular formula is C26H38N8O8. The molecule has 2 aromatic rings. The van der Waals surface area contributed by atoms with Crippen molar-refractivity contribution in [2.45, 2.75) is 69.3 Å². The third-order valence-electron chi connectivity index (χ3n) is 6.39. The van der Waals surface area contributed by atoms with E-state index < -0.39 is 66.4 Å². The number of benzene rings is 1. The Hall–Kier alpha value is -4.70. The number of carbonyl (C=O) groups is 5. The SMILES string of the molecule is CC(O)C(N)C(=O)NC(CCC(=O)O)C(=O)NC(CCCN=C(N)N)C(=O)NC(Cc1c[nH]c2ccccc12)C(=O)O. The summed E-state index contributed by atoms with van der Waals surface area (Å²) in [5.74, 6) is -5.38. The molecule has 230 valence electrons. The van der Waals surface area contributed by atoms with Crippen molar-refractivity contribution in [3.8, 4) is 0 Å². The number of carbonyl (C=O) groups excluding carboxylic acids is 3. The number of aromatic nitrogens is 1. The summed E-state index contributed by atoms with van der Waals surface area (Å²) in [7, 11) is 0. The molecule has 0 aliphatic carbocycles. The molecule has 0 bridgehead atoms. The fourth-order valence-electron chi connectivity index (χ4n) is 4.06. The van der Waals surface area contributed by atoms with Crippen LogP contribution in [0, 0.1) is 0 Å². The summed E-state index contributed by atoms with van der Waals surface area (Å²) < 4.78 is 0. The fourth-order valence-corrected chi connectivity index (χ4v) is 4.06. The Balaban J connectivity index is 2.24. The van der Waals surface area contributed by atoms with E-state index in [1.54, 1.807) is 12.3 Å². The second kappa shape index (κ2) is 15.9. The lowest BCUT2D eigenvalue weighted by Gasteiger charge is -2.25. The van der Waals surface area contributed by atoms with E-state index in [2.05, 4.69) is 25.9 Å². The Bertz CT molecular complexity index is 1290. The van der Waals surface area contributed by atoms with E-state index in [-0.39, 0.29) is 38.2 Å². The average molecular weight is 591 g/mol. The molecule has 16 heteroatoms. The predicted molar refractivity (Wildman–Crippen MR) is 152 cm³/mol. The van der Waals surface area contributed by atoms with E-state index in [0.29, 0.717) is 5.56 Å². The molecule has 1 aromatic carbocycles. The quantitative estimate of drug-likeness (QED) is 0.0539. The molecule has 5 atom stereocenters. The molecule has 16 nitrogen and oxygen atoms in total. The van der Waals surface area contributed by atoms with Crippen LogP contribution in [0.4, 0.5) is 0 Å². The number of carboxylic acid groups (broad SMARTS) is 2. The lowest BCUT2D eigenvalue weighted by atomic mass is 10.0. The molecule has 0 radical (unpaired) electrons. The number of fused-ring (bicyclic) bond motifs is 1. The van der Waals surface area contributed by atoms with E-state index in [1.165, 1.54) is 6.92 Å². The highest BCUT2D eigenvalue weighted by atomic mass is 16.4. The smallest absolute Gasteiger partial charge is 0.326 e. The summed E-state index contributed by atoms with van der Waals surface area (Å²) >= 11 is 0. The van der Waals surface area contributed by atoms with Crippen molar-refractivity contribution in [1.82, 2.24) is 20.9 Å². The minimum Gasteiger partial charge on any atom is -0.481 e. The monoisotopic (exact) mass is 590 g/mol. The number of hydrogen-bond donors (Lipinski definition) is 10. The number of H-pyrrole nitrogens is 1. The van der Waals surface area contributed by atoms with Gasteiger partial charge in [0.05, 0.1) is 6.10 Å². The van der Waals surface area contributed by atoms with E-state index in [1.807, 2.05) is 18.2 Å². The Morgan fingerprint density at radius 2 is 1.52 bits per heavy atom. The van der Waals surface area contributed by atoms with Gasteiger partial charge in [-0.15, -0.1) is 0 Å². The van der Waals surface area contributed by atoms with Gasteiger partial charge in [0, 0.05) is 36.5 Å². The number of amides is 3. The van der Waals surface area contributed by atoms with Crippen LogP contribution in [-0.4, -0.2) is 92.7 Å². The first-order chi connectivity index (χ1) is 19.8. The van der Waals surface area contributed by atoms with E-state index in [9.17, 15) is 34.2 Å². The van der Waals surface area contributed by atoms with Crippen LogP contribution in [0.25, 0.3) is 10.9 Å². The summed E-state index contributed by atoms with van der Waals surface area (Å²) in [6, 6.07) is 1.76. The third-order valence-corrected chi connectivity index (χ3v) is 6.39. The molecule has 2 rings (SSSR count). The van der Waals surface area contributed by atoms with Gasteiger partial charge in [-0.05, 0) is 37.8 Å². The van der Waals surface area contributed by atoms with Gasteiger partial charge < -0.3 is 53.5 Å². The Kier molecular flexibility index (Phi) is 12.7. The zero-order chi connectivity index (χ0) is 31.4. The molecule has 0 spiro atoms. The van der Waals surface area contributed by atoms with Crippen molar-refractivity contribution < 1.29 is 39.3 Å². The molecule has 0 aliphatic rings. The van der Waals surface area contributed by atoms with Crippen molar-refractivity contribution in [2.24, 2.45) is 22.2 Å². The van der Waals surface area contributed by atoms with Crippen LogP contribution < -0.4 is 33.2 Å². The van der Waals surface area contributed by atoms with Crippen LogP contribution in [0.5, 0.6) is 0 Å². The lowest BCUT2D eigenvalue weighted by molar-refractivity contribution is -0.142. The molecule has 0 saturated carbocycles. The lowest BCUT2D eigenvalue weighted by Crippen LogP contribution is -2.58. The first-order valence-electron chi connectivity index (χ1n) is 13.2. The minimum atomic E-state index is -1.42. The predicted octanol–water partition coefficient (Wildman–Crippen LogP) is -2.12. The highest BCUT2D eigenvalue weighted by Gasteiger charge is 2.31. The molecule has 0 fully saturated rings. The van der Waals surface area contributed by atoms with Gasteiger partial charge in [0.2, 0.25) is 17.7 Å². The molecule has 0 aliphatic heterocycles. The summed E-state index contributed by atoms with van der Waals surface area (Å²) in [5, 5.41) is 36.5. The number of guanidine groups is 1. The average Bonchev–Trinajstić information content (AvgIpc) is 3.33. The topological polar surface area (TPSA) is 288 Å². The minimum absolute atomic E-state index is 0.0272. The van der Waals surface area contributed by atoms with Crippen LogP contribution in [0.15, 0.2) is 35.5 Å². The summed E-state index contributed by atoms with van der Waals surface area (Å²) in [6.07, 6.45) is -0.346. The van der Waals surface area contributed by atoms with Crippen LogP contribution >= 0.6 is 0 Å². The maximum absolute atomic E-state index is 13.3. The first-order valence-corrected chi connectivity index (χ1v) is 13.2. The molecule has 5 unspecified atom stereocenters. The molecule has 13 N–H and O–H groups in total. The zero-order valence-electron chi connectivity index (χ0n) is 23.1. The Morgan fingerprint density at radius 1 is 0.929 bits per heavy atom. The highest BCUT2D eigenvalue weighted by molar-refractivity contribution is 5.94. The van der Waals surface area contributed by atoms with Crippen molar-refractivity contribution >= 4 is 46.5 Å². The number of nitrogens with one attached hydrogen (secondary N) is 4. The second-order valence-electron chi connectivity index (χ2n) is 9.73. The largest absolute Gasteiger partial charge is 0.481 e. The Morgan fingerprint density at radius 3 is 2.12 bits per heavy atom. The number of aliphatic hydroxyl groups is 1. The Labute approximate surface area is 241 Å². The molecular weight excluding hydrogens is 552 g/mol. The molecule has 0 saturated heterocycles. The van der Waals surface area contributed by atoms with Gasteiger partial charge in [0.1, 0.15) is 24.2 Å². The first kappa shape index (κ1) is 33.5. The number of aliphatic imine (C=N–C) groups is 1. The van der Waals surface area contributed by atoms with Crippen molar-refractivity contribution in [2.75, 3.05) is 6.54 Å². The van der Waals surface area contributed by atoms with Gasteiger partial charge in [-0.2, -0.15) is 0 Å². The normalized spacial score (nSPS) is 14.5. The van der Waals surface area contributed by atoms with E-state index >= 15 is 0 Å². The summed E-state index contributed by atoms with van der Waals surface area (Å²) in [6.45, 7) is 1.37. The van der Waals surface area contributed by atoms with Gasteiger partial charge in [-0.25, -0.2) is 4.79 Å². The number of rotatable bonds is 17. The number of aliphatic hydroxyl groups excluding tert-OH is 1. The maximum Gasteiger partial charge on any atom is 0.326 e. The van der Waals surface area contributed by atoms with Crippen molar-refractivity contribution in [3.05, 3.63) is 36.0 Å². The number of carboxylic acids is 2. The van der Waals surface area contributed by atoms with Crippen molar-refractivity contribution in [3.63, 3.8) is 0 Å². The van der Waals surface area contributed by atoms with Gasteiger partial charge >= 0.3 is 11.9 Å². The maximum atomic E-state index is 13.3. The van der Waals surface area contributed by atoms with Crippen molar-refractivity contribution in [1.29, 1.82) is 0 Å². The zero-order valence-corrected chi connectivity index (χ0v) is 23.1. The number of nitrogens with zero attached hydrogens (tertiary/aromatic N) is 1. The summed E-state index contributed by atoms with van der Waals surface area (Å²) in [5.41, 5.74) is 17.7. The number of nitrogens with two attached hydrogens (primary N) is 3. The summed E-state index contributed by atoms with van der Waals surface area (Å²) in [4.78, 5) is 69.0.